The van der Waals surface area contributed by atoms with Crippen molar-refractivity contribution < 1.29 is 23.9 Å². The fourth-order valence-electron chi connectivity index (χ4n) is 3.85. The van der Waals surface area contributed by atoms with Crippen molar-refractivity contribution >= 4 is 17.9 Å². The molecule has 0 radical (unpaired) electrons. The number of esters is 3. The van der Waals surface area contributed by atoms with Crippen LogP contribution in [0.25, 0.3) is 0 Å². The zero-order valence-electron chi connectivity index (χ0n) is 11.2. The minimum Gasteiger partial charge on any atom is -0.465 e. The molecule has 0 spiro atoms. The van der Waals surface area contributed by atoms with E-state index in [0.717, 1.165) is 11.1 Å². The van der Waals surface area contributed by atoms with E-state index in [-0.39, 0.29) is 11.8 Å². The molecule has 1 heterocycles. The highest BCUT2D eigenvalue weighted by Gasteiger charge is 2.57. The Morgan fingerprint density at radius 3 is 2.48 bits per heavy atom. The maximum Gasteiger partial charge on any atom is 0.338 e. The molecule has 4 atom stereocenters. The number of ether oxygens (including phenoxy) is 2. The second-order valence-electron chi connectivity index (χ2n) is 5.53. The summed E-state index contributed by atoms with van der Waals surface area (Å²) in [5.74, 6) is -2.88. The second kappa shape index (κ2) is 4.04. The minimum atomic E-state index is -0.522. The van der Waals surface area contributed by atoms with Crippen LogP contribution in [-0.2, 0) is 19.1 Å². The molecule has 2 bridgehead atoms. The number of carbonyl (C=O) groups is 3. The lowest BCUT2D eigenvalue weighted by atomic mass is 9.60. The molecule has 106 valence electrons. The van der Waals surface area contributed by atoms with E-state index in [9.17, 15) is 14.4 Å². The highest BCUT2D eigenvalue weighted by atomic mass is 16.6. The van der Waals surface area contributed by atoms with E-state index in [2.05, 4.69) is 0 Å². The molecule has 5 nitrogen and oxygen atoms in total. The van der Waals surface area contributed by atoms with Crippen LogP contribution in [0.3, 0.4) is 0 Å². The van der Waals surface area contributed by atoms with Gasteiger partial charge in [-0.1, -0.05) is 24.3 Å². The zero-order chi connectivity index (χ0) is 14.7. The SMILES string of the molecule is COC(=O)c1cccc2c1[C@H]1C=C[C@H]2[C@H]2C(=O)OC(=O)[C@H]21. The molecule has 4 aliphatic rings. The molecule has 5 rings (SSSR count). The first-order chi connectivity index (χ1) is 10.1. The van der Waals surface area contributed by atoms with Gasteiger partial charge in [-0.2, -0.15) is 0 Å². The van der Waals surface area contributed by atoms with Gasteiger partial charge in [0, 0.05) is 11.8 Å². The van der Waals surface area contributed by atoms with Gasteiger partial charge in [0.1, 0.15) is 0 Å². The first kappa shape index (κ1) is 12.3. The number of methoxy groups -OCH3 is 1. The van der Waals surface area contributed by atoms with Crippen LogP contribution in [0, 0.1) is 11.8 Å². The van der Waals surface area contributed by atoms with Crippen LogP contribution in [0.1, 0.15) is 33.3 Å². The van der Waals surface area contributed by atoms with E-state index in [1.165, 1.54) is 7.11 Å². The highest BCUT2D eigenvalue weighted by molar-refractivity contribution is 6.00. The van der Waals surface area contributed by atoms with Gasteiger partial charge >= 0.3 is 17.9 Å². The maximum atomic E-state index is 12.0. The largest absolute Gasteiger partial charge is 0.465 e. The summed E-state index contributed by atoms with van der Waals surface area (Å²) in [6.07, 6.45) is 3.84. The van der Waals surface area contributed by atoms with Gasteiger partial charge in [0.25, 0.3) is 0 Å². The lowest BCUT2D eigenvalue weighted by Gasteiger charge is -2.40. The summed E-state index contributed by atoms with van der Waals surface area (Å²) in [6, 6.07) is 5.36. The van der Waals surface area contributed by atoms with Crippen molar-refractivity contribution in [2.24, 2.45) is 11.8 Å². The Balaban J connectivity index is 1.95. The van der Waals surface area contributed by atoms with Gasteiger partial charge in [0.15, 0.2) is 0 Å². The molecular weight excluding hydrogens is 272 g/mol. The minimum absolute atomic E-state index is 0.210. The Bertz CT molecular complexity index is 717. The third kappa shape index (κ3) is 1.43. The van der Waals surface area contributed by atoms with Crippen molar-refractivity contribution in [1.29, 1.82) is 0 Å². The summed E-state index contributed by atoms with van der Waals surface area (Å²) >= 11 is 0. The Labute approximate surface area is 120 Å². The van der Waals surface area contributed by atoms with E-state index in [4.69, 9.17) is 9.47 Å². The molecule has 3 aliphatic carbocycles. The Hall–Kier alpha value is -2.43. The third-order valence-corrected chi connectivity index (χ3v) is 4.67. The Morgan fingerprint density at radius 2 is 1.76 bits per heavy atom. The number of benzene rings is 1. The molecule has 0 saturated carbocycles. The van der Waals surface area contributed by atoms with Crippen LogP contribution >= 0.6 is 0 Å². The van der Waals surface area contributed by atoms with Crippen LogP contribution < -0.4 is 0 Å². The molecule has 0 N–H and O–H groups in total. The number of cyclic esters (lactones) is 2. The summed E-state index contributed by atoms with van der Waals surface area (Å²) in [7, 11) is 1.33. The summed E-state index contributed by atoms with van der Waals surface area (Å²) in [5.41, 5.74) is 2.17. The Kier molecular flexibility index (Phi) is 2.37. The molecule has 1 aromatic rings. The van der Waals surface area contributed by atoms with Gasteiger partial charge in [0.05, 0.1) is 24.5 Å². The van der Waals surface area contributed by atoms with Gasteiger partial charge in [-0.3, -0.25) is 9.59 Å². The van der Waals surface area contributed by atoms with Crippen molar-refractivity contribution in [3.05, 3.63) is 47.0 Å². The molecule has 1 aliphatic heterocycles. The van der Waals surface area contributed by atoms with E-state index in [1.54, 1.807) is 12.1 Å². The topological polar surface area (TPSA) is 69.7 Å². The third-order valence-electron chi connectivity index (χ3n) is 4.67. The van der Waals surface area contributed by atoms with Crippen molar-refractivity contribution in [2.45, 2.75) is 11.8 Å². The number of allylic oxidation sites excluding steroid dienone is 2. The van der Waals surface area contributed by atoms with Crippen LogP contribution in [0.5, 0.6) is 0 Å². The molecule has 0 aromatic heterocycles. The number of rotatable bonds is 1. The zero-order valence-corrected chi connectivity index (χ0v) is 11.2. The summed E-state index contributed by atoms with van der Waals surface area (Å²) in [4.78, 5) is 35.9. The summed E-state index contributed by atoms with van der Waals surface area (Å²) in [6.45, 7) is 0. The van der Waals surface area contributed by atoms with Gasteiger partial charge in [-0.05, 0) is 17.2 Å². The summed E-state index contributed by atoms with van der Waals surface area (Å²) in [5, 5.41) is 0. The molecule has 1 fully saturated rings. The molecule has 0 amide bonds. The monoisotopic (exact) mass is 284 g/mol. The number of carbonyl (C=O) groups excluding carboxylic acids is 3. The maximum absolute atomic E-state index is 12.0. The molecular formula is C16H12O5. The van der Waals surface area contributed by atoms with Crippen molar-refractivity contribution in [3.8, 4) is 0 Å². The standard InChI is InChI=1S/C16H12O5/c1-20-14(17)10-4-2-3-7-8-5-6-9(11(7)10)13-12(8)15(18)21-16(13)19/h2-6,8-9,12-13H,1H3/t8-,9-,12-,13+/m1/s1. The van der Waals surface area contributed by atoms with Gasteiger partial charge in [-0.15, -0.1) is 0 Å². The van der Waals surface area contributed by atoms with E-state index < -0.39 is 29.7 Å². The first-order valence-electron chi connectivity index (χ1n) is 6.78. The van der Waals surface area contributed by atoms with E-state index >= 15 is 0 Å². The molecule has 1 aromatic carbocycles. The van der Waals surface area contributed by atoms with Gasteiger partial charge in [0.2, 0.25) is 0 Å². The smallest absolute Gasteiger partial charge is 0.338 e. The van der Waals surface area contributed by atoms with Crippen molar-refractivity contribution in [2.75, 3.05) is 7.11 Å². The van der Waals surface area contributed by atoms with Crippen LogP contribution in [0.15, 0.2) is 30.4 Å². The lowest BCUT2D eigenvalue weighted by molar-refractivity contribution is -0.153. The Morgan fingerprint density at radius 1 is 1.10 bits per heavy atom. The van der Waals surface area contributed by atoms with Crippen LogP contribution in [0.2, 0.25) is 0 Å². The average molecular weight is 284 g/mol. The fraction of sp³-hybridized carbons (Fsp3) is 0.312. The molecule has 1 saturated heterocycles. The predicted octanol–water partition coefficient (Wildman–Crippen LogP) is 1.54. The van der Waals surface area contributed by atoms with Gasteiger partial charge < -0.3 is 9.47 Å². The normalized spacial score (nSPS) is 31.7. The van der Waals surface area contributed by atoms with Crippen molar-refractivity contribution in [1.82, 2.24) is 0 Å². The highest BCUT2D eigenvalue weighted by Crippen LogP contribution is 2.55. The van der Waals surface area contributed by atoms with Crippen LogP contribution in [-0.4, -0.2) is 25.0 Å². The van der Waals surface area contributed by atoms with Crippen molar-refractivity contribution in [3.63, 3.8) is 0 Å². The van der Waals surface area contributed by atoms with Crippen LogP contribution in [0.4, 0.5) is 0 Å². The van der Waals surface area contributed by atoms with E-state index in [0.29, 0.717) is 5.56 Å². The summed E-state index contributed by atoms with van der Waals surface area (Å²) < 4.78 is 9.64. The fourth-order valence-corrected chi connectivity index (χ4v) is 3.85. The average Bonchev–Trinajstić information content (AvgIpc) is 2.83. The number of hydrogen-bond donors (Lipinski definition) is 0. The molecule has 5 heteroatoms. The van der Waals surface area contributed by atoms with E-state index in [1.807, 2.05) is 18.2 Å². The number of hydrogen-bond acceptors (Lipinski definition) is 5. The lowest BCUT2D eigenvalue weighted by Crippen LogP contribution is -2.38. The first-order valence-corrected chi connectivity index (χ1v) is 6.78. The predicted molar refractivity (Wildman–Crippen MR) is 70.5 cm³/mol. The molecule has 0 unspecified atom stereocenters. The van der Waals surface area contributed by atoms with Gasteiger partial charge in [-0.25, -0.2) is 4.79 Å². The second-order valence-corrected chi connectivity index (χ2v) is 5.53. The quantitative estimate of drug-likeness (QED) is 0.444. The molecule has 21 heavy (non-hydrogen) atoms.